The Kier molecular flexibility index (Phi) is 4.03. The molecule has 0 aliphatic rings. The largest absolute Gasteiger partial charge is 0.394 e. The Labute approximate surface area is 163 Å². The van der Waals surface area contributed by atoms with E-state index in [4.69, 9.17) is 0 Å². The van der Waals surface area contributed by atoms with Gasteiger partial charge >= 0.3 is 5.69 Å². The van der Waals surface area contributed by atoms with Gasteiger partial charge in [-0.2, -0.15) is 0 Å². The van der Waals surface area contributed by atoms with Gasteiger partial charge in [0.1, 0.15) is 29.4 Å². The Bertz CT molecular complexity index is 1360. The Morgan fingerprint density at radius 2 is 1.97 bits per heavy atom. The number of rotatable bonds is 5. The van der Waals surface area contributed by atoms with Gasteiger partial charge in [-0.05, 0) is 24.3 Å². The van der Waals surface area contributed by atoms with Crippen molar-refractivity contribution in [2.24, 2.45) is 0 Å². The van der Waals surface area contributed by atoms with Crippen molar-refractivity contribution in [3.05, 3.63) is 77.6 Å². The molecule has 10 heteroatoms. The van der Waals surface area contributed by atoms with Crippen LogP contribution in [0.5, 0.6) is 0 Å². The smallest absolute Gasteiger partial charge is 0.339 e. The molecule has 1 unspecified atom stereocenters. The van der Waals surface area contributed by atoms with Crippen molar-refractivity contribution in [3.63, 3.8) is 0 Å². The quantitative estimate of drug-likeness (QED) is 0.414. The highest BCUT2D eigenvalue weighted by Gasteiger charge is 2.22. The Hall–Kier alpha value is -4.05. The molecule has 0 bridgehead atoms. The van der Waals surface area contributed by atoms with Gasteiger partial charge in [0, 0.05) is 6.20 Å². The third kappa shape index (κ3) is 2.82. The fourth-order valence-electron chi connectivity index (χ4n) is 3.28. The third-order valence-electron chi connectivity index (χ3n) is 4.63. The topological polar surface area (TPSA) is 126 Å². The summed E-state index contributed by atoms with van der Waals surface area (Å²) in [4.78, 5) is 33.3. The minimum absolute atomic E-state index is 0.282. The minimum atomic E-state index is -0.704. The van der Waals surface area contributed by atoms with Crippen molar-refractivity contribution in [3.8, 4) is 5.69 Å². The van der Waals surface area contributed by atoms with Gasteiger partial charge < -0.3 is 15.4 Å². The molecule has 1 atom stereocenters. The van der Waals surface area contributed by atoms with Gasteiger partial charge in [0.15, 0.2) is 11.5 Å². The summed E-state index contributed by atoms with van der Waals surface area (Å²) in [6.45, 7) is -0.310. The highest BCUT2D eigenvalue weighted by atomic mass is 16.3. The molecule has 5 aromatic rings. The molecular formula is C19H16N8O2. The van der Waals surface area contributed by atoms with E-state index in [-0.39, 0.29) is 12.3 Å². The van der Waals surface area contributed by atoms with Crippen molar-refractivity contribution >= 4 is 22.6 Å². The van der Waals surface area contributed by atoms with Crippen LogP contribution in [0.1, 0.15) is 11.9 Å². The summed E-state index contributed by atoms with van der Waals surface area (Å²) in [5.74, 6) is 0.817. The monoisotopic (exact) mass is 388 g/mol. The number of para-hydroxylation sites is 1. The molecule has 0 aliphatic heterocycles. The Balaban J connectivity index is 1.70. The first-order chi connectivity index (χ1) is 14.3. The maximum absolute atomic E-state index is 13.2. The molecule has 0 saturated heterocycles. The van der Waals surface area contributed by atoms with Gasteiger partial charge in [0.2, 0.25) is 0 Å². The van der Waals surface area contributed by atoms with E-state index in [0.29, 0.717) is 34.1 Å². The summed E-state index contributed by atoms with van der Waals surface area (Å²) in [7, 11) is 0. The summed E-state index contributed by atoms with van der Waals surface area (Å²) >= 11 is 0. The van der Waals surface area contributed by atoms with E-state index in [0.717, 1.165) is 0 Å². The molecule has 0 radical (unpaired) electrons. The predicted molar refractivity (Wildman–Crippen MR) is 106 cm³/mol. The zero-order valence-corrected chi connectivity index (χ0v) is 15.1. The van der Waals surface area contributed by atoms with Crippen LogP contribution in [-0.4, -0.2) is 45.6 Å². The van der Waals surface area contributed by atoms with E-state index >= 15 is 0 Å². The zero-order valence-electron chi connectivity index (χ0n) is 15.1. The molecule has 1 aromatic carbocycles. The number of anilines is 1. The standard InChI is InChI=1S/C19H16N8O2/c28-9-13(24-17-15-16(21-10-20-15)22-11-23-17)18-25-14-7-4-8-26(14)19(29)27(18)12-5-2-1-3-6-12/h1-8,10-11,13,28H,9H2,(H2,20,21,22,23,24). The number of nitrogens with zero attached hydrogens (tertiary/aromatic N) is 6. The van der Waals surface area contributed by atoms with E-state index in [1.54, 1.807) is 18.3 Å². The van der Waals surface area contributed by atoms with Crippen LogP contribution in [0, 0.1) is 0 Å². The average Bonchev–Trinajstić information content (AvgIpc) is 3.42. The number of hydrogen-bond acceptors (Lipinski definition) is 7. The Morgan fingerprint density at radius 1 is 1.10 bits per heavy atom. The number of nitrogens with one attached hydrogen (secondary N) is 2. The lowest BCUT2D eigenvalue weighted by Crippen LogP contribution is -2.33. The molecule has 0 fully saturated rings. The average molecular weight is 388 g/mol. The third-order valence-corrected chi connectivity index (χ3v) is 4.63. The van der Waals surface area contributed by atoms with Crippen molar-refractivity contribution in [1.29, 1.82) is 0 Å². The molecule has 144 valence electrons. The minimum Gasteiger partial charge on any atom is -0.394 e. The number of imidazole rings is 1. The van der Waals surface area contributed by atoms with Crippen LogP contribution in [-0.2, 0) is 0 Å². The molecule has 0 spiro atoms. The zero-order chi connectivity index (χ0) is 19.8. The summed E-state index contributed by atoms with van der Waals surface area (Å²) in [5, 5.41) is 13.3. The number of aromatic nitrogens is 7. The van der Waals surface area contributed by atoms with Crippen LogP contribution >= 0.6 is 0 Å². The maximum atomic E-state index is 13.2. The molecule has 5 rings (SSSR count). The molecule has 29 heavy (non-hydrogen) atoms. The van der Waals surface area contributed by atoms with E-state index < -0.39 is 6.04 Å². The first kappa shape index (κ1) is 17.1. The van der Waals surface area contributed by atoms with Crippen LogP contribution in [0.4, 0.5) is 5.82 Å². The number of H-pyrrole nitrogens is 1. The summed E-state index contributed by atoms with van der Waals surface area (Å²) in [6.07, 6.45) is 4.56. The summed E-state index contributed by atoms with van der Waals surface area (Å²) in [5.41, 5.74) is 1.95. The summed E-state index contributed by atoms with van der Waals surface area (Å²) < 4.78 is 2.94. The summed E-state index contributed by atoms with van der Waals surface area (Å²) in [6, 6.07) is 12.0. The van der Waals surface area contributed by atoms with Crippen LogP contribution in [0.25, 0.3) is 22.5 Å². The SMILES string of the molecule is O=c1n(-c2ccccc2)c(C(CO)Nc2ncnc3nc[nH]c23)nc2cccn12. The molecule has 0 amide bonds. The second-order valence-electron chi connectivity index (χ2n) is 6.36. The normalized spacial score (nSPS) is 12.4. The van der Waals surface area contributed by atoms with Crippen molar-refractivity contribution in [2.75, 3.05) is 11.9 Å². The number of aliphatic hydroxyl groups is 1. The number of benzene rings is 1. The Morgan fingerprint density at radius 3 is 2.79 bits per heavy atom. The van der Waals surface area contributed by atoms with Gasteiger partial charge in [-0.3, -0.25) is 4.40 Å². The predicted octanol–water partition coefficient (Wildman–Crippen LogP) is 1.30. The second-order valence-corrected chi connectivity index (χ2v) is 6.36. The fourth-order valence-corrected chi connectivity index (χ4v) is 3.28. The number of fused-ring (bicyclic) bond motifs is 2. The molecule has 0 saturated carbocycles. The second kappa shape index (κ2) is 6.84. The molecule has 10 nitrogen and oxygen atoms in total. The van der Waals surface area contributed by atoms with E-state index in [9.17, 15) is 9.90 Å². The highest BCUT2D eigenvalue weighted by Crippen LogP contribution is 2.22. The van der Waals surface area contributed by atoms with Gasteiger partial charge in [-0.25, -0.2) is 29.3 Å². The number of aliphatic hydroxyl groups excluding tert-OH is 1. The van der Waals surface area contributed by atoms with Crippen LogP contribution in [0.15, 0.2) is 66.1 Å². The van der Waals surface area contributed by atoms with Gasteiger partial charge in [-0.1, -0.05) is 18.2 Å². The number of aromatic amines is 1. The number of hydrogen-bond donors (Lipinski definition) is 3. The molecule has 4 aromatic heterocycles. The van der Waals surface area contributed by atoms with Crippen molar-refractivity contribution in [2.45, 2.75) is 6.04 Å². The maximum Gasteiger partial charge on any atom is 0.339 e. The van der Waals surface area contributed by atoms with E-state index in [2.05, 4.69) is 30.2 Å². The molecule has 4 heterocycles. The molecule has 0 aliphatic carbocycles. The van der Waals surface area contributed by atoms with Crippen LogP contribution in [0.3, 0.4) is 0 Å². The van der Waals surface area contributed by atoms with Gasteiger partial charge in [0.25, 0.3) is 0 Å². The first-order valence-corrected chi connectivity index (χ1v) is 8.93. The molecular weight excluding hydrogens is 372 g/mol. The fraction of sp³-hybridized carbons (Fsp3) is 0.105. The first-order valence-electron chi connectivity index (χ1n) is 8.93. The molecule has 3 N–H and O–H groups in total. The van der Waals surface area contributed by atoms with Crippen LogP contribution < -0.4 is 11.0 Å². The lowest BCUT2D eigenvalue weighted by molar-refractivity contribution is 0.270. The van der Waals surface area contributed by atoms with Crippen LogP contribution in [0.2, 0.25) is 0 Å². The van der Waals surface area contributed by atoms with E-state index in [1.165, 1.54) is 21.6 Å². The van der Waals surface area contributed by atoms with E-state index in [1.807, 2.05) is 30.3 Å². The highest BCUT2D eigenvalue weighted by molar-refractivity contribution is 5.82. The van der Waals surface area contributed by atoms with Gasteiger partial charge in [-0.15, -0.1) is 0 Å². The van der Waals surface area contributed by atoms with Gasteiger partial charge in [0.05, 0.1) is 18.6 Å². The lowest BCUT2D eigenvalue weighted by Gasteiger charge is -2.21. The van der Waals surface area contributed by atoms with Crippen molar-refractivity contribution in [1.82, 2.24) is 33.9 Å². The van der Waals surface area contributed by atoms with Crippen molar-refractivity contribution < 1.29 is 5.11 Å². The lowest BCUT2D eigenvalue weighted by atomic mass is 10.2.